The van der Waals surface area contributed by atoms with Gasteiger partial charge in [-0.2, -0.15) is 0 Å². The molecule has 0 spiro atoms. The van der Waals surface area contributed by atoms with E-state index in [1.54, 1.807) is 33.0 Å². The van der Waals surface area contributed by atoms with Crippen LogP contribution >= 0.6 is 0 Å². The van der Waals surface area contributed by atoms with E-state index in [-0.39, 0.29) is 19.0 Å². The van der Waals surface area contributed by atoms with Crippen molar-refractivity contribution < 1.29 is 9.90 Å². The number of aromatic nitrogens is 1. The Morgan fingerprint density at radius 2 is 2.21 bits per heavy atom. The van der Waals surface area contributed by atoms with Crippen molar-refractivity contribution in [1.29, 1.82) is 0 Å². The Balaban J connectivity index is 2.78. The van der Waals surface area contributed by atoms with Gasteiger partial charge in [0.25, 0.3) is 5.91 Å². The number of likely N-dealkylation sites (N-methyl/N-ethyl adjacent to an activating group) is 1. The molecule has 0 bridgehead atoms. The van der Waals surface area contributed by atoms with Gasteiger partial charge in [-0.1, -0.05) is 11.8 Å². The van der Waals surface area contributed by atoms with E-state index in [1.165, 1.54) is 11.1 Å². The molecular formula is C14H19N3O2. The zero-order valence-corrected chi connectivity index (χ0v) is 11.5. The molecule has 19 heavy (non-hydrogen) atoms. The molecule has 0 saturated heterocycles. The van der Waals surface area contributed by atoms with Gasteiger partial charge in [-0.25, -0.2) is 4.98 Å². The third kappa shape index (κ3) is 5.08. The first-order valence-corrected chi connectivity index (χ1v) is 5.96. The van der Waals surface area contributed by atoms with E-state index in [0.717, 1.165) is 0 Å². The van der Waals surface area contributed by atoms with Gasteiger partial charge in [0.05, 0.1) is 12.1 Å². The van der Waals surface area contributed by atoms with Crippen LogP contribution in [0.25, 0.3) is 0 Å². The number of rotatable bonds is 3. The molecule has 5 nitrogen and oxygen atoms in total. The number of hydrogen-bond donors (Lipinski definition) is 2. The Morgan fingerprint density at radius 3 is 2.68 bits per heavy atom. The van der Waals surface area contributed by atoms with Gasteiger partial charge < -0.3 is 15.7 Å². The highest BCUT2D eigenvalue weighted by molar-refractivity contribution is 5.92. The average Bonchev–Trinajstić information content (AvgIpc) is 2.34. The van der Waals surface area contributed by atoms with Crippen LogP contribution < -0.4 is 5.73 Å². The smallest absolute Gasteiger partial charge is 0.272 e. The summed E-state index contributed by atoms with van der Waals surface area (Å²) in [5.41, 5.74) is 5.38. The second-order valence-electron chi connectivity index (χ2n) is 4.91. The average molecular weight is 261 g/mol. The Morgan fingerprint density at radius 1 is 1.53 bits per heavy atom. The highest BCUT2D eigenvalue weighted by Gasteiger charge is 2.20. The summed E-state index contributed by atoms with van der Waals surface area (Å²) in [4.78, 5) is 17.5. The molecule has 0 unspecified atom stereocenters. The molecular weight excluding hydrogens is 242 g/mol. The van der Waals surface area contributed by atoms with E-state index in [0.29, 0.717) is 11.3 Å². The molecule has 0 aliphatic carbocycles. The van der Waals surface area contributed by atoms with Gasteiger partial charge >= 0.3 is 0 Å². The van der Waals surface area contributed by atoms with Gasteiger partial charge in [-0.15, -0.1) is 0 Å². The SMILES string of the molecule is CN(CC(C)(C)O)C(=O)c1ccc(C#CCN)cn1. The van der Waals surface area contributed by atoms with Crippen molar-refractivity contribution in [2.45, 2.75) is 19.4 Å². The Kier molecular flexibility index (Phi) is 5.04. The van der Waals surface area contributed by atoms with E-state index < -0.39 is 5.60 Å². The normalized spacial score (nSPS) is 10.6. The fraction of sp³-hybridized carbons (Fsp3) is 0.429. The lowest BCUT2D eigenvalue weighted by Crippen LogP contribution is -2.39. The topological polar surface area (TPSA) is 79.5 Å². The Bertz CT molecular complexity index is 492. The summed E-state index contributed by atoms with van der Waals surface area (Å²) < 4.78 is 0. The van der Waals surface area contributed by atoms with Crippen LogP contribution in [0.3, 0.4) is 0 Å². The molecule has 1 amide bonds. The summed E-state index contributed by atoms with van der Waals surface area (Å²) in [6.07, 6.45) is 1.54. The first-order valence-electron chi connectivity index (χ1n) is 5.96. The summed E-state index contributed by atoms with van der Waals surface area (Å²) in [7, 11) is 1.63. The van der Waals surface area contributed by atoms with Crippen LogP contribution in [0, 0.1) is 11.8 Å². The highest BCUT2D eigenvalue weighted by atomic mass is 16.3. The maximum Gasteiger partial charge on any atom is 0.272 e. The quantitative estimate of drug-likeness (QED) is 0.764. The van der Waals surface area contributed by atoms with E-state index in [9.17, 15) is 9.90 Å². The summed E-state index contributed by atoms with van der Waals surface area (Å²) in [6, 6.07) is 3.34. The zero-order chi connectivity index (χ0) is 14.5. The van der Waals surface area contributed by atoms with E-state index in [1.807, 2.05) is 0 Å². The number of nitrogens with two attached hydrogens (primary N) is 1. The molecule has 1 rings (SSSR count). The van der Waals surface area contributed by atoms with Crippen molar-refractivity contribution in [3.05, 3.63) is 29.6 Å². The minimum Gasteiger partial charge on any atom is -0.389 e. The lowest BCUT2D eigenvalue weighted by molar-refractivity contribution is 0.0365. The number of aliphatic hydroxyl groups is 1. The second-order valence-corrected chi connectivity index (χ2v) is 4.91. The molecule has 1 heterocycles. The predicted octanol–water partition coefficient (Wildman–Crippen LogP) is 0.235. The maximum absolute atomic E-state index is 12.0. The number of hydrogen-bond acceptors (Lipinski definition) is 4. The van der Waals surface area contributed by atoms with Gasteiger partial charge in [0.15, 0.2) is 0 Å². The van der Waals surface area contributed by atoms with Crippen LogP contribution in [0.1, 0.15) is 29.9 Å². The molecule has 0 aliphatic heterocycles. The van der Waals surface area contributed by atoms with Crippen molar-refractivity contribution >= 4 is 5.91 Å². The lowest BCUT2D eigenvalue weighted by Gasteiger charge is -2.25. The van der Waals surface area contributed by atoms with Crippen LogP contribution in [0.2, 0.25) is 0 Å². The second kappa shape index (κ2) is 6.32. The standard InChI is InChI=1S/C14H19N3O2/c1-14(2,19)10-17(3)13(18)12-7-6-11(9-16-12)5-4-8-15/h6-7,9,19H,8,10,15H2,1-3H3. The van der Waals surface area contributed by atoms with Crippen LogP contribution in [0.15, 0.2) is 18.3 Å². The summed E-state index contributed by atoms with van der Waals surface area (Å²) >= 11 is 0. The first kappa shape index (κ1) is 15.2. The van der Waals surface area contributed by atoms with Crippen LogP contribution in [-0.2, 0) is 0 Å². The van der Waals surface area contributed by atoms with Crippen LogP contribution in [0.5, 0.6) is 0 Å². The van der Waals surface area contributed by atoms with Crippen molar-refractivity contribution in [2.24, 2.45) is 5.73 Å². The molecule has 0 saturated carbocycles. The van der Waals surface area contributed by atoms with Gasteiger partial charge in [0, 0.05) is 25.4 Å². The monoisotopic (exact) mass is 261 g/mol. The molecule has 1 aromatic rings. The number of carbonyl (C=O) groups is 1. The van der Waals surface area contributed by atoms with E-state index in [4.69, 9.17) is 5.73 Å². The van der Waals surface area contributed by atoms with Crippen LogP contribution in [-0.4, -0.2) is 46.6 Å². The summed E-state index contributed by atoms with van der Waals surface area (Å²) in [5, 5.41) is 9.68. The van der Waals surface area contributed by atoms with E-state index in [2.05, 4.69) is 16.8 Å². The molecule has 3 N–H and O–H groups in total. The molecule has 5 heteroatoms. The van der Waals surface area contributed by atoms with Crippen molar-refractivity contribution in [2.75, 3.05) is 20.1 Å². The minimum atomic E-state index is -0.934. The first-order chi connectivity index (χ1) is 8.83. The highest BCUT2D eigenvalue weighted by Crippen LogP contribution is 2.07. The molecule has 0 radical (unpaired) electrons. The van der Waals surface area contributed by atoms with Gasteiger partial charge in [-0.05, 0) is 26.0 Å². The molecule has 1 aromatic heterocycles. The zero-order valence-electron chi connectivity index (χ0n) is 11.5. The molecule has 0 aliphatic rings. The fourth-order valence-electron chi connectivity index (χ4n) is 1.60. The number of carbonyl (C=O) groups excluding carboxylic acids is 1. The van der Waals surface area contributed by atoms with Crippen molar-refractivity contribution in [3.63, 3.8) is 0 Å². The molecule has 0 aromatic carbocycles. The summed E-state index contributed by atoms with van der Waals surface area (Å²) in [6.45, 7) is 3.82. The predicted molar refractivity (Wildman–Crippen MR) is 73.4 cm³/mol. The van der Waals surface area contributed by atoms with Gasteiger partial charge in [0.1, 0.15) is 5.69 Å². The third-order valence-corrected chi connectivity index (χ3v) is 2.29. The number of pyridine rings is 1. The fourth-order valence-corrected chi connectivity index (χ4v) is 1.60. The maximum atomic E-state index is 12.0. The van der Waals surface area contributed by atoms with Gasteiger partial charge in [0.2, 0.25) is 0 Å². The third-order valence-electron chi connectivity index (χ3n) is 2.29. The van der Waals surface area contributed by atoms with E-state index >= 15 is 0 Å². The number of nitrogens with zero attached hydrogens (tertiary/aromatic N) is 2. The van der Waals surface area contributed by atoms with Crippen LogP contribution in [0.4, 0.5) is 0 Å². The largest absolute Gasteiger partial charge is 0.389 e. The molecule has 0 fully saturated rings. The molecule has 0 atom stereocenters. The minimum absolute atomic E-state index is 0.236. The Hall–Kier alpha value is -1.90. The van der Waals surface area contributed by atoms with Crippen molar-refractivity contribution in [1.82, 2.24) is 9.88 Å². The summed E-state index contributed by atoms with van der Waals surface area (Å²) in [5.74, 6) is 5.32. The van der Waals surface area contributed by atoms with Gasteiger partial charge in [-0.3, -0.25) is 4.79 Å². The molecule has 102 valence electrons. The number of amides is 1. The lowest BCUT2D eigenvalue weighted by atomic mass is 10.1. The Labute approximate surface area is 113 Å². The van der Waals surface area contributed by atoms with Crippen molar-refractivity contribution in [3.8, 4) is 11.8 Å².